The van der Waals surface area contributed by atoms with E-state index in [0.29, 0.717) is 16.7 Å². The number of aromatic nitrogens is 3. The number of methoxy groups -OCH3 is 1. The molecule has 7 nitrogen and oxygen atoms in total. The van der Waals surface area contributed by atoms with Gasteiger partial charge < -0.3 is 10.5 Å². The van der Waals surface area contributed by atoms with Gasteiger partial charge in [0.25, 0.3) is 0 Å². The van der Waals surface area contributed by atoms with Crippen molar-refractivity contribution >= 4 is 22.7 Å². The van der Waals surface area contributed by atoms with Gasteiger partial charge in [0, 0.05) is 23.6 Å². The van der Waals surface area contributed by atoms with E-state index in [-0.39, 0.29) is 17.0 Å². The van der Waals surface area contributed by atoms with Crippen molar-refractivity contribution in [1.29, 1.82) is 0 Å². The van der Waals surface area contributed by atoms with E-state index in [2.05, 4.69) is 40.7 Å². The Morgan fingerprint density at radius 1 is 1.22 bits per heavy atom. The van der Waals surface area contributed by atoms with E-state index in [1.807, 2.05) is 6.07 Å². The van der Waals surface area contributed by atoms with Crippen molar-refractivity contribution in [2.45, 2.75) is 43.9 Å². The number of thioether (sulfide) groups is 1. The van der Waals surface area contributed by atoms with Crippen LogP contribution in [-0.4, -0.2) is 37.8 Å². The molecule has 8 heteroatoms. The molecule has 1 aliphatic heterocycles. The van der Waals surface area contributed by atoms with Gasteiger partial charge in [-0.3, -0.25) is 14.8 Å². The van der Waals surface area contributed by atoms with E-state index in [9.17, 15) is 4.79 Å². The Balaban J connectivity index is 1.83. The molecule has 0 fully saturated rings. The lowest BCUT2D eigenvalue weighted by Crippen LogP contribution is -2.38. The fourth-order valence-corrected chi connectivity index (χ4v) is 4.51. The zero-order valence-corrected chi connectivity index (χ0v) is 16.7. The quantitative estimate of drug-likeness (QED) is 0.789. The highest BCUT2D eigenvalue weighted by atomic mass is 32.2. The maximum Gasteiger partial charge on any atom is 0.232 e. The summed E-state index contributed by atoms with van der Waals surface area (Å²) < 4.78 is 4.94. The molecule has 3 heterocycles. The molecular formula is C19H23N5O2S. The number of rotatable bonds is 5. The number of carbonyl (C=O) groups is 1. The van der Waals surface area contributed by atoms with Crippen molar-refractivity contribution in [1.82, 2.24) is 15.0 Å². The number of ketones is 1. The van der Waals surface area contributed by atoms with Crippen molar-refractivity contribution < 1.29 is 9.53 Å². The number of aliphatic imine (C=N–C) groups is 1. The topological polar surface area (TPSA) is 103 Å². The molecule has 2 N–H and O–H groups in total. The minimum Gasteiger partial charge on any atom is -0.480 e. The Morgan fingerprint density at radius 2 is 2.00 bits per heavy atom. The van der Waals surface area contributed by atoms with Gasteiger partial charge in [-0.15, -0.1) is 0 Å². The summed E-state index contributed by atoms with van der Waals surface area (Å²) in [5.74, 6) is 0.244. The lowest BCUT2D eigenvalue weighted by atomic mass is 9.84. The Bertz CT molecular complexity index is 882. The number of amidine groups is 1. The normalized spacial score (nSPS) is 21.4. The SMILES string of the molecule is COc1cnc(C(=O)Cc2cncc([C@]3(C)CC(C)(C)SC(N)=N3)c2)cn1. The summed E-state index contributed by atoms with van der Waals surface area (Å²) in [7, 11) is 1.50. The van der Waals surface area contributed by atoms with E-state index < -0.39 is 5.54 Å². The lowest BCUT2D eigenvalue weighted by molar-refractivity contribution is 0.0987. The first-order valence-electron chi connectivity index (χ1n) is 8.59. The zero-order valence-electron chi connectivity index (χ0n) is 15.9. The van der Waals surface area contributed by atoms with Crippen molar-refractivity contribution in [2.75, 3.05) is 7.11 Å². The molecule has 1 atom stereocenters. The molecule has 0 aromatic carbocycles. The van der Waals surface area contributed by atoms with Crippen LogP contribution < -0.4 is 10.5 Å². The van der Waals surface area contributed by atoms with Crippen LogP contribution in [0.3, 0.4) is 0 Å². The first-order chi connectivity index (χ1) is 12.7. The molecule has 2 aromatic heterocycles. The largest absolute Gasteiger partial charge is 0.480 e. The smallest absolute Gasteiger partial charge is 0.232 e. The van der Waals surface area contributed by atoms with Gasteiger partial charge >= 0.3 is 0 Å². The van der Waals surface area contributed by atoms with Gasteiger partial charge in [-0.1, -0.05) is 25.6 Å². The Labute approximate surface area is 162 Å². The summed E-state index contributed by atoms with van der Waals surface area (Å²) >= 11 is 1.58. The van der Waals surface area contributed by atoms with E-state index in [1.54, 1.807) is 24.2 Å². The van der Waals surface area contributed by atoms with Crippen LogP contribution >= 0.6 is 11.8 Å². The average Bonchev–Trinajstić information content (AvgIpc) is 2.60. The maximum absolute atomic E-state index is 12.5. The second kappa shape index (κ2) is 7.26. The monoisotopic (exact) mass is 385 g/mol. The number of nitrogens with zero attached hydrogens (tertiary/aromatic N) is 4. The molecule has 3 rings (SSSR count). The number of carbonyl (C=O) groups excluding carboxylic acids is 1. The molecule has 1 aliphatic rings. The number of hydrogen-bond acceptors (Lipinski definition) is 8. The highest BCUT2D eigenvalue weighted by Crippen LogP contribution is 2.44. The van der Waals surface area contributed by atoms with Crippen LogP contribution in [0, 0.1) is 0 Å². The third-order valence-electron chi connectivity index (χ3n) is 4.41. The molecular weight excluding hydrogens is 362 g/mol. The van der Waals surface area contributed by atoms with Crippen LogP contribution in [-0.2, 0) is 12.0 Å². The predicted octanol–water partition coefficient (Wildman–Crippen LogP) is 2.75. The van der Waals surface area contributed by atoms with Gasteiger partial charge in [-0.25, -0.2) is 9.97 Å². The van der Waals surface area contributed by atoms with Gasteiger partial charge in [-0.05, 0) is 30.5 Å². The molecule has 0 spiro atoms. The number of nitrogens with two attached hydrogens (primary N) is 1. The Kier molecular flexibility index (Phi) is 5.19. The number of pyridine rings is 1. The molecule has 0 unspecified atom stereocenters. The van der Waals surface area contributed by atoms with Crippen LogP contribution in [0.15, 0.2) is 35.8 Å². The van der Waals surface area contributed by atoms with Crippen molar-refractivity contribution in [3.63, 3.8) is 0 Å². The molecule has 0 bridgehead atoms. The van der Waals surface area contributed by atoms with Gasteiger partial charge in [0.1, 0.15) is 5.69 Å². The van der Waals surface area contributed by atoms with E-state index in [1.165, 1.54) is 19.5 Å². The number of hydrogen-bond donors (Lipinski definition) is 1. The lowest BCUT2D eigenvalue weighted by Gasteiger charge is -2.39. The summed E-state index contributed by atoms with van der Waals surface area (Å²) in [4.78, 5) is 29.6. The highest BCUT2D eigenvalue weighted by molar-refractivity contribution is 8.15. The summed E-state index contributed by atoms with van der Waals surface area (Å²) in [6.07, 6.45) is 7.36. The zero-order chi connectivity index (χ0) is 19.7. The standard InChI is InChI=1S/C19H23N5O2S/c1-18(2)11-19(3,24-17(20)27-18)13-5-12(7-21-8-13)6-15(25)14-9-23-16(26-4)10-22-14/h5,7-10H,6,11H2,1-4H3,(H2,20,24)/t19-/m0/s1. The number of Topliss-reactive ketones (excluding diaryl/α,β-unsaturated/α-hetero) is 1. The Morgan fingerprint density at radius 3 is 2.63 bits per heavy atom. The average molecular weight is 385 g/mol. The maximum atomic E-state index is 12.5. The molecule has 0 radical (unpaired) electrons. The van der Waals surface area contributed by atoms with Crippen molar-refractivity contribution in [3.8, 4) is 5.88 Å². The van der Waals surface area contributed by atoms with Gasteiger partial charge in [0.15, 0.2) is 11.0 Å². The molecule has 0 amide bonds. The molecule has 0 aliphatic carbocycles. The molecule has 27 heavy (non-hydrogen) atoms. The van der Waals surface area contributed by atoms with E-state index in [4.69, 9.17) is 10.5 Å². The molecule has 0 saturated heterocycles. The fraction of sp³-hybridized carbons (Fsp3) is 0.421. The first-order valence-corrected chi connectivity index (χ1v) is 9.40. The summed E-state index contributed by atoms with van der Waals surface area (Å²) in [5.41, 5.74) is 7.64. The molecule has 2 aromatic rings. The van der Waals surface area contributed by atoms with Gasteiger partial charge in [0.2, 0.25) is 5.88 Å². The second-order valence-electron chi connectivity index (χ2n) is 7.39. The van der Waals surface area contributed by atoms with E-state index in [0.717, 1.165) is 17.5 Å². The van der Waals surface area contributed by atoms with Crippen LogP contribution in [0.4, 0.5) is 0 Å². The predicted molar refractivity (Wildman–Crippen MR) is 106 cm³/mol. The third-order valence-corrected chi connectivity index (χ3v) is 5.41. The van der Waals surface area contributed by atoms with E-state index >= 15 is 0 Å². The third kappa shape index (κ3) is 4.44. The second-order valence-corrected chi connectivity index (χ2v) is 9.12. The highest BCUT2D eigenvalue weighted by Gasteiger charge is 2.39. The molecule has 142 valence electrons. The van der Waals surface area contributed by atoms with Crippen LogP contribution in [0.1, 0.15) is 48.8 Å². The first kappa shape index (κ1) is 19.3. The van der Waals surface area contributed by atoms with Crippen LogP contribution in [0.5, 0.6) is 5.88 Å². The molecule has 0 saturated carbocycles. The van der Waals surface area contributed by atoms with Gasteiger partial charge in [0.05, 0.1) is 25.0 Å². The minimum atomic E-state index is -0.467. The van der Waals surface area contributed by atoms with Crippen molar-refractivity contribution in [2.24, 2.45) is 10.7 Å². The van der Waals surface area contributed by atoms with Crippen LogP contribution in [0.25, 0.3) is 0 Å². The summed E-state index contributed by atoms with van der Waals surface area (Å²) in [6, 6.07) is 1.98. The minimum absolute atomic E-state index is 0.0227. The van der Waals surface area contributed by atoms with Crippen molar-refractivity contribution in [3.05, 3.63) is 47.7 Å². The summed E-state index contributed by atoms with van der Waals surface area (Å²) in [5, 5.41) is 0.573. The van der Waals surface area contributed by atoms with Crippen LogP contribution in [0.2, 0.25) is 0 Å². The Hall–Kier alpha value is -2.48. The fourth-order valence-electron chi connectivity index (χ4n) is 3.34. The number of ether oxygens (including phenoxy) is 1. The van der Waals surface area contributed by atoms with Gasteiger partial charge in [-0.2, -0.15) is 0 Å². The summed E-state index contributed by atoms with van der Waals surface area (Å²) in [6.45, 7) is 6.36.